The second kappa shape index (κ2) is 5.39. The molecule has 0 bridgehead atoms. The first-order valence-electron chi connectivity index (χ1n) is 5.48. The molecule has 2 aromatic rings. The first-order chi connectivity index (χ1) is 9.36. The summed E-state index contributed by atoms with van der Waals surface area (Å²) in [6.45, 7) is 0.924. The highest BCUT2D eigenvalue weighted by Gasteiger charge is 2.25. The van der Waals surface area contributed by atoms with Crippen LogP contribution in [0.3, 0.4) is 0 Å². The fraction of sp³-hybridized carbons (Fsp3) is 0.182. The molecular weight excluding hydrogens is 309 g/mol. The maximum atomic E-state index is 13.7. The third-order valence-corrected chi connectivity index (χ3v) is 4.44. The Bertz CT molecular complexity index is 745. The number of aryl methyl sites for hydroxylation is 1. The fourth-order valence-corrected chi connectivity index (χ4v) is 3.30. The van der Waals surface area contributed by atoms with Gasteiger partial charge in [-0.3, -0.25) is 9.82 Å². The van der Waals surface area contributed by atoms with E-state index in [0.29, 0.717) is 0 Å². The summed E-state index contributed by atoms with van der Waals surface area (Å²) in [7, 11) is -4.09. The summed E-state index contributed by atoms with van der Waals surface area (Å²) in [4.78, 5) is -0.209. The number of halogens is 2. The number of nitrogens with one attached hydrogen (secondary N) is 2. The zero-order valence-corrected chi connectivity index (χ0v) is 11.9. The van der Waals surface area contributed by atoms with Gasteiger partial charge in [0.1, 0.15) is 10.6 Å². The summed E-state index contributed by atoms with van der Waals surface area (Å²) >= 11 is 5.59. The Morgan fingerprint density at radius 1 is 1.50 bits per heavy atom. The molecule has 0 fully saturated rings. The minimum atomic E-state index is -4.09. The summed E-state index contributed by atoms with van der Waals surface area (Å²) < 4.78 is 40.3. The van der Waals surface area contributed by atoms with Crippen LogP contribution in [-0.4, -0.2) is 23.7 Å². The lowest BCUT2D eigenvalue weighted by Gasteiger charge is -2.10. The maximum absolute atomic E-state index is 13.7. The molecule has 0 saturated heterocycles. The number of aromatic amines is 1. The van der Waals surface area contributed by atoms with Gasteiger partial charge >= 0.3 is 0 Å². The van der Waals surface area contributed by atoms with Crippen molar-refractivity contribution in [2.75, 3.05) is 4.72 Å². The molecule has 0 atom stereocenters. The van der Waals surface area contributed by atoms with Gasteiger partial charge in [0, 0.05) is 0 Å². The molecule has 1 aromatic carbocycles. The topological polar surface area (TPSA) is 95.1 Å². The van der Waals surface area contributed by atoms with E-state index >= 15 is 0 Å². The third kappa shape index (κ3) is 2.62. The van der Waals surface area contributed by atoms with Gasteiger partial charge in [-0.25, -0.2) is 12.8 Å². The molecule has 0 spiro atoms. The van der Waals surface area contributed by atoms with Crippen molar-refractivity contribution in [3.05, 3.63) is 40.4 Å². The summed E-state index contributed by atoms with van der Waals surface area (Å²) in [6.07, 6.45) is 0. The number of H-pyrrole nitrogens is 1. The van der Waals surface area contributed by atoms with E-state index in [1.807, 2.05) is 0 Å². The highest BCUT2D eigenvalue weighted by atomic mass is 35.5. The number of sulfonamides is 1. The number of aliphatic hydroxyl groups excluding tert-OH is 1. The van der Waals surface area contributed by atoms with Gasteiger partial charge in [-0.15, -0.1) is 0 Å². The number of hydrogen-bond donors (Lipinski definition) is 3. The number of benzene rings is 1. The lowest BCUT2D eigenvalue weighted by molar-refractivity contribution is 0.273. The SMILES string of the molecule is Cc1[nH]nc(CO)c1S(=O)(=O)Nc1cccc(Cl)c1F. The first-order valence-corrected chi connectivity index (χ1v) is 7.34. The first kappa shape index (κ1) is 14.8. The molecule has 20 heavy (non-hydrogen) atoms. The Balaban J connectivity index is 2.46. The van der Waals surface area contributed by atoms with Gasteiger partial charge in [0.15, 0.2) is 5.82 Å². The summed E-state index contributed by atoms with van der Waals surface area (Å²) in [5.74, 6) is -0.871. The molecule has 0 unspecified atom stereocenters. The second-order valence-corrected chi connectivity index (χ2v) is 6.02. The highest BCUT2D eigenvalue weighted by molar-refractivity contribution is 7.92. The summed E-state index contributed by atoms with van der Waals surface area (Å²) in [6, 6.07) is 3.96. The zero-order valence-electron chi connectivity index (χ0n) is 10.3. The van der Waals surface area contributed by atoms with Crippen LogP contribution in [0, 0.1) is 12.7 Å². The molecule has 0 aliphatic carbocycles. The molecule has 0 aliphatic heterocycles. The van der Waals surface area contributed by atoms with Crippen molar-refractivity contribution in [3.63, 3.8) is 0 Å². The number of rotatable bonds is 4. The number of anilines is 1. The van der Waals surface area contributed by atoms with Gasteiger partial charge in [0.25, 0.3) is 10.0 Å². The Kier molecular flexibility index (Phi) is 3.98. The van der Waals surface area contributed by atoms with Crippen LogP contribution in [-0.2, 0) is 16.6 Å². The second-order valence-electron chi connectivity index (χ2n) is 3.99. The van der Waals surface area contributed by atoms with Gasteiger partial charge in [-0.1, -0.05) is 17.7 Å². The molecule has 3 N–H and O–H groups in total. The molecule has 6 nitrogen and oxygen atoms in total. The number of aromatic nitrogens is 2. The van der Waals surface area contributed by atoms with Crippen LogP contribution < -0.4 is 4.72 Å². The van der Waals surface area contributed by atoms with E-state index in [9.17, 15) is 12.8 Å². The van der Waals surface area contributed by atoms with E-state index in [1.165, 1.54) is 25.1 Å². The Labute approximate surface area is 119 Å². The van der Waals surface area contributed by atoms with Crippen LogP contribution in [0.1, 0.15) is 11.4 Å². The number of nitrogens with zero attached hydrogens (tertiary/aromatic N) is 1. The smallest absolute Gasteiger partial charge is 0.265 e. The quantitative estimate of drug-likeness (QED) is 0.801. The number of hydrogen-bond acceptors (Lipinski definition) is 4. The maximum Gasteiger partial charge on any atom is 0.265 e. The van der Waals surface area contributed by atoms with Gasteiger partial charge in [0.05, 0.1) is 23.0 Å². The minimum absolute atomic E-state index is 0.0440. The van der Waals surface area contributed by atoms with Crippen molar-refractivity contribution in [2.24, 2.45) is 0 Å². The molecule has 0 radical (unpaired) electrons. The van der Waals surface area contributed by atoms with E-state index in [1.54, 1.807) is 0 Å². The Morgan fingerprint density at radius 3 is 2.85 bits per heavy atom. The molecular formula is C11H11ClFN3O3S. The average molecular weight is 320 g/mol. The van der Waals surface area contributed by atoms with Gasteiger partial charge in [0.2, 0.25) is 0 Å². The highest BCUT2D eigenvalue weighted by Crippen LogP contribution is 2.26. The molecule has 0 saturated carbocycles. The Morgan fingerprint density at radius 2 is 2.20 bits per heavy atom. The zero-order chi connectivity index (χ0) is 14.9. The van der Waals surface area contributed by atoms with Crippen LogP contribution in [0.25, 0.3) is 0 Å². The summed E-state index contributed by atoms with van der Waals surface area (Å²) in [5.41, 5.74) is -0.0802. The molecule has 1 aromatic heterocycles. The van der Waals surface area contributed by atoms with E-state index in [2.05, 4.69) is 14.9 Å². The molecule has 9 heteroatoms. The molecule has 0 aliphatic rings. The lowest BCUT2D eigenvalue weighted by Crippen LogP contribution is -2.16. The van der Waals surface area contributed by atoms with Crippen molar-refractivity contribution >= 4 is 27.3 Å². The van der Waals surface area contributed by atoms with Crippen LogP contribution in [0.2, 0.25) is 5.02 Å². The standard InChI is InChI=1S/C11H11ClFN3O3S/c1-6-11(9(5-17)15-14-6)20(18,19)16-8-4-2-3-7(12)10(8)13/h2-4,16-17H,5H2,1H3,(H,14,15). The van der Waals surface area contributed by atoms with E-state index in [-0.39, 0.29) is 27.0 Å². The summed E-state index contributed by atoms with van der Waals surface area (Å²) in [5, 5.41) is 15.0. The number of aliphatic hydroxyl groups is 1. The van der Waals surface area contributed by atoms with Crippen LogP contribution in [0.5, 0.6) is 0 Å². The molecule has 2 rings (SSSR count). The van der Waals surface area contributed by atoms with E-state index in [4.69, 9.17) is 16.7 Å². The van der Waals surface area contributed by atoms with E-state index < -0.39 is 22.4 Å². The average Bonchev–Trinajstić information content (AvgIpc) is 2.77. The van der Waals surface area contributed by atoms with Crippen molar-refractivity contribution in [3.8, 4) is 0 Å². The predicted molar refractivity (Wildman–Crippen MR) is 71.5 cm³/mol. The molecule has 108 valence electrons. The van der Waals surface area contributed by atoms with Crippen LogP contribution >= 0.6 is 11.6 Å². The van der Waals surface area contributed by atoms with E-state index in [0.717, 1.165) is 0 Å². The van der Waals surface area contributed by atoms with Crippen molar-refractivity contribution < 1.29 is 17.9 Å². The van der Waals surface area contributed by atoms with Crippen LogP contribution in [0.4, 0.5) is 10.1 Å². The van der Waals surface area contributed by atoms with Gasteiger partial charge in [-0.2, -0.15) is 5.10 Å². The lowest BCUT2D eigenvalue weighted by atomic mass is 10.3. The Hall–Kier alpha value is -1.64. The van der Waals surface area contributed by atoms with Crippen LogP contribution in [0.15, 0.2) is 23.1 Å². The fourth-order valence-electron chi connectivity index (χ4n) is 1.71. The van der Waals surface area contributed by atoms with Gasteiger partial charge in [-0.05, 0) is 19.1 Å². The minimum Gasteiger partial charge on any atom is -0.390 e. The molecule has 1 heterocycles. The van der Waals surface area contributed by atoms with Crippen molar-refractivity contribution in [1.82, 2.24) is 10.2 Å². The largest absolute Gasteiger partial charge is 0.390 e. The van der Waals surface area contributed by atoms with Gasteiger partial charge < -0.3 is 5.11 Å². The normalized spacial score (nSPS) is 11.6. The van der Waals surface area contributed by atoms with Crippen molar-refractivity contribution in [1.29, 1.82) is 0 Å². The predicted octanol–water partition coefficient (Wildman–Crippen LogP) is 1.80. The monoisotopic (exact) mass is 319 g/mol. The van der Waals surface area contributed by atoms with Crippen molar-refractivity contribution in [2.45, 2.75) is 18.4 Å². The third-order valence-electron chi connectivity index (χ3n) is 2.58. The molecule has 0 amide bonds.